The zero-order valence-corrected chi connectivity index (χ0v) is 14.1. The molecule has 4 N–H and O–H groups in total. The number of aryl methyl sites for hydroxylation is 2. The first-order valence-electron chi connectivity index (χ1n) is 8.22. The fraction of sp³-hybridized carbons (Fsp3) is 0.562. The lowest BCUT2D eigenvalue weighted by Crippen LogP contribution is -2.27. The van der Waals surface area contributed by atoms with Gasteiger partial charge in [0.15, 0.2) is 0 Å². The van der Waals surface area contributed by atoms with Crippen molar-refractivity contribution in [2.24, 2.45) is 0 Å². The summed E-state index contributed by atoms with van der Waals surface area (Å²) < 4.78 is 2.08. The Kier molecular flexibility index (Phi) is 4.47. The molecule has 0 saturated heterocycles. The molecule has 1 aliphatic rings. The van der Waals surface area contributed by atoms with Crippen molar-refractivity contribution in [3.05, 3.63) is 28.2 Å². The van der Waals surface area contributed by atoms with Crippen LogP contribution in [0.5, 0.6) is 0 Å². The summed E-state index contributed by atoms with van der Waals surface area (Å²) in [5, 5.41) is 11.4. The Balaban J connectivity index is 1.83. The van der Waals surface area contributed by atoms with Crippen molar-refractivity contribution in [3.63, 3.8) is 0 Å². The number of nitrogens with two attached hydrogens (primary N) is 1. The molecule has 0 radical (unpaired) electrons. The van der Waals surface area contributed by atoms with E-state index in [1.807, 2.05) is 0 Å². The van der Waals surface area contributed by atoms with E-state index < -0.39 is 0 Å². The minimum Gasteiger partial charge on any atom is -0.368 e. The van der Waals surface area contributed by atoms with Crippen molar-refractivity contribution >= 4 is 11.8 Å². The van der Waals surface area contributed by atoms with Crippen molar-refractivity contribution < 1.29 is 0 Å². The lowest BCUT2D eigenvalue weighted by Gasteiger charge is -2.20. The molecule has 0 amide bonds. The first kappa shape index (κ1) is 15.7. The van der Waals surface area contributed by atoms with Crippen LogP contribution in [0.15, 0.2) is 0 Å². The van der Waals surface area contributed by atoms with E-state index >= 15 is 0 Å². The third-order valence-corrected chi connectivity index (χ3v) is 4.35. The Labute approximate surface area is 136 Å². The van der Waals surface area contributed by atoms with E-state index in [-0.39, 0.29) is 0 Å². The molecule has 0 aliphatic carbocycles. The number of hydrogen-bond donors (Lipinski definition) is 3. The van der Waals surface area contributed by atoms with Gasteiger partial charge < -0.3 is 16.4 Å². The monoisotopic (exact) mass is 315 g/mol. The van der Waals surface area contributed by atoms with Gasteiger partial charge in [-0.15, -0.1) is 0 Å². The number of nitrogen functional groups attached to an aromatic ring is 1. The highest BCUT2D eigenvalue weighted by Gasteiger charge is 2.18. The van der Waals surface area contributed by atoms with Crippen LogP contribution in [-0.2, 0) is 26.1 Å². The molecular weight excluding hydrogens is 290 g/mol. The second-order valence-corrected chi connectivity index (χ2v) is 6.01. The van der Waals surface area contributed by atoms with E-state index in [0.29, 0.717) is 12.5 Å². The van der Waals surface area contributed by atoms with Crippen LogP contribution in [0.2, 0.25) is 0 Å². The van der Waals surface area contributed by atoms with Gasteiger partial charge >= 0.3 is 0 Å². The first-order chi connectivity index (χ1) is 11.1. The summed E-state index contributed by atoms with van der Waals surface area (Å²) in [4.78, 5) is 8.75. The van der Waals surface area contributed by atoms with Gasteiger partial charge in [0.05, 0.1) is 11.4 Å². The summed E-state index contributed by atoms with van der Waals surface area (Å²) in [5.41, 5.74) is 11.5. The van der Waals surface area contributed by atoms with Crippen molar-refractivity contribution in [3.8, 4) is 0 Å². The number of nitrogens with zero attached hydrogens (tertiary/aromatic N) is 4. The molecule has 1 aliphatic heterocycles. The van der Waals surface area contributed by atoms with Crippen LogP contribution in [-0.4, -0.2) is 26.3 Å². The average molecular weight is 315 g/mol. The van der Waals surface area contributed by atoms with Crippen LogP contribution in [0.4, 0.5) is 11.8 Å². The van der Waals surface area contributed by atoms with Crippen LogP contribution in [0.25, 0.3) is 0 Å². The number of anilines is 2. The highest BCUT2D eigenvalue weighted by atomic mass is 15.3. The first-order valence-corrected chi connectivity index (χ1v) is 8.22. The summed E-state index contributed by atoms with van der Waals surface area (Å²) in [5.74, 6) is 1.18. The Morgan fingerprint density at radius 3 is 2.91 bits per heavy atom. The molecule has 124 valence electrons. The molecule has 3 rings (SSSR count). The zero-order chi connectivity index (χ0) is 16.4. The Bertz CT molecular complexity index is 705. The molecule has 7 heteroatoms. The molecule has 3 heterocycles. The molecule has 0 aromatic carbocycles. The summed E-state index contributed by atoms with van der Waals surface area (Å²) in [7, 11) is 0. The largest absolute Gasteiger partial charge is 0.368 e. The molecule has 2 aromatic heterocycles. The lowest BCUT2D eigenvalue weighted by atomic mass is 10.1. The van der Waals surface area contributed by atoms with Crippen molar-refractivity contribution in [2.45, 2.75) is 53.2 Å². The van der Waals surface area contributed by atoms with Gasteiger partial charge in [-0.1, -0.05) is 6.92 Å². The second kappa shape index (κ2) is 6.54. The molecule has 0 unspecified atom stereocenters. The molecule has 23 heavy (non-hydrogen) atoms. The smallest absolute Gasteiger partial charge is 0.222 e. The van der Waals surface area contributed by atoms with Crippen LogP contribution >= 0.6 is 0 Å². The molecule has 0 saturated carbocycles. The number of aromatic nitrogens is 4. The lowest BCUT2D eigenvalue weighted by molar-refractivity contribution is 0.582. The minimum absolute atomic E-state index is 0.324. The number of hydrogen-bond acceptors (Lipinski definition) is 6. The number of fused-ring (bicyclic) bond motifs is 1. The van der Waals surface area contributed by atoms with Crippen LogP contribution in [0.3, 0.4) is 0 Å². The van der Waals surface area contributed by atoms with Crippen molar-refractivity contribution in [1.82, 2.24) is 25.1 Å². The van der Waals surface area contributed by atoms with E-state index in [1.165, 1.54) is 16.8 Å². The predicted molar refractivity (Wildman–Crippen MR) is 91.2 cm³/mol. The molecule has 0 bridgehead atoms. The second-order valence-electron chi connectivity index (χ2n) is 6.01. The van der Waals surface area contributed by atoms with Gasteiger partial charge in [0.1, 0.15) is 5.82 Å². The zero-order valence-electron chi connectivity index (χ0n) is 14.1. The minimum atomic E-state index is 0.324. The van der Waals surface area contributed by atoms with Gasteiger partial charge in [-0.3, -0.25) is 4.68 Å². The van der Waals surface area contributed by atoms with Gasteiger partial charge in [0.2, 0.25) is 5.95 Å². The molecule has 2 aromatic rings. The summed E-state index contributed by atoms with van der Waals surface area (Å²) in [6.45, 7) is 9.71. The van der Waals surface area contributed by atoms with Gasteiger partial charge in [0.25, 0.3) is 0 Å². The normalized spacial score (nSPS) is 13.9. The van der Waals surface area contributed by atoms with Gasteiger partial charge in [0, 0.05) is 36.5 Å². The number of nitrogens with one attached hydrogen (secondary N) is 2. The standard InChI is InChI=1S/C16H25N7/c1-4-7-23-11(3)13(10(2)22-23)8-19-15-12-5-6-18-9-14(12)20-16(17)21-15/h18H,4-9H2,1-3H3,(H3,17,19,20,21). The third kappa shape index (κ3) is 3.14. The predicted octanol–water partition coefficient (Wildman–Crippen LogP) is 1.54. The summed E-state index contributed by atoms with van der Waals surface area (Å²) in [6.07, 6.45) is 2.00. The highest BCUT2D eigenvalue weighted by Crippen LogP contribution is 2.22. The number of rotatable bonds is 5. The maximum atomic E-state index is 5.85. The van der Waals surface area contributed by atoms with Gasteiger partial charge in [-0.05, 0) is 33.2 Å². The molecule has 7 nitrogen and oxygen atoms in total. The fourth-order valence-corrected chi connectivity index (χ4v) is 3.12. The van der Waals surface area contributed by atoms with Crippen LogP contribution in [0.1, 0.15) is 41.6 Å². The summed E-state index contributed by atoms with van der Waals surface area (Å²) in [6, 6.07) is 0. The van der Waals surface area contributed by atoms with Crippen LogP contribution in [0, 0.1) is 13.8 Å². The van der Waals surface area contributed by atoms with Gasteiger partial charge in [-0.25, -0.2) is 4.98 Å². The van der Waals surface area contributed by atoms with Crippen LogP contribution < -0.4 is 16.4 Å². The summed E-state index contributed by atoms with van der Waals surface area (Å²) >= 11 is 0. The Morgan fingerprint density at radius 1 is 1.30 bits per heavy atom. The van der Waals surface area contributed by atoms with E-state index in [2.05, 4.69) is 51.2 Å². The maximum absolute atomic E-state index is 5.85. The van der Waals surface area contributed by atoms with Gasteiger partial charge in [-0.2, -0.15) is 10.1 Å². The van der Waals surface area contributed by atoms with E-state index in [0.717, 1.165) is 49.7 Å². The van der Waals surface area contributed by atoms with Crippen molar-refractivity contribution in [2.75, 3.05) is 17.6 Å². The maximum Gasteiger partial charge on any atom is 0.222 e. The average Bonchev–Trinajstić information content (AvgIpc) is 2.79. The Hall–Kier alpha value is -2.15. The quantitative estimate of drug-likeness (QED) is 0.775. The molecular formula is C16H25N7. The van der Waals surface area contributed by atoms with E-state index in [9.17, 15) is 0 Å². The third-order valence-electron chi connectivity index (χ3n) is 4.35. The highest BCUT2D eigenvalue weighted by molar-refractivity contribution is 5.51. The fourth-order valence-electron chi connectivity index (χ4n) is 3.12. The topological polar surface area (TPSA) is 93.7 Å². The SMILES string of the molecule is CCCn1nc(C)c(CNc2nc(N)nc3c2CCNC3)c1C. The molecule has 0 spiro atoms. The molecule has 0 fully saturated rings. The van der Waals surface area contributed by atoms with Crippen molar-refractivity contribution in [1.29, 1.82) is 0 Å². The van der Waals surface area contributed by atoms with E-state index in [4.69, 9.17) is 5.73 Å². The van der Waals surface area contributed by atoms with E-state index in [1.54, 1.807) is 0 Å². The Morgan fingerprint density at radius 2 is 2.13 bits per heavy atom. The molecule has 0 atom stereocenters.